The van der Waals surface area contributed by atoms with Crippen molar-refractivity contribution in [1.29, 1.82) is 0 Å². The van der Waals surface area contributed by atoms with Crippen molar-refractivity contribution in [3.05, 3.63) is 46.6 Å². The van der Waals surface area contributed by atoms with Crippen molar-refractivity contribution in [2.75, 3.05) is 46.3 Å². The molecule has 1 saturated heterocycles. The van der Waals surface area contributed by atoms with Gasteiger partial charge in [-0.15, -0.1) is 0 Å². The highest BCUT2D eigenvalue weighted by Crippen LogP contribution is 2.35. The van der Waals surface area contributed by atoms with E-state index < -0.39 is 0 Å². The minimum Gasteiger partial charge on any atom is -0.508 e. The number of aromatic hydroxyl groups is 2. The second kappa shape index (κ2) is 8.38. The molecule has 0 aromatic heterocycles. The van der Waals surface area contributed by atoms with Gasteiger partial charge in [-0.3, -0.25) is 9.59 Å². The largest absolute Gasteiger partial charge is 0.508 e. The third kappa shape index (κ3) is 4.19. The highest BCUT2D eigenvalue weighted by atomic mass is 16.3. The Morgan fingerprint density at radius 1 is 1.00 bits per heavy atom. The minimum atomic E-state index is -0.260. The van der Waals surface area contributed by atoms with E-state index in [9.17, 15) is 19.8 Å². The highest BCUT2D eigenvalue weighted by Gasteiger charge is 2.34. The first-order chi connectivity index (χ1) is 14.7. The van der Waals surface area contributed by atoms with Crippen LogP contribution >= 0.6 is 0 Å². The molecule has 0 bridgehead atoms. The number of benzene rings is 1. The first-order valence-corrected chi connectivity index (χ1v) is 11.0. The zero-order valence-corrected chi connectivity index (χ0v) is 18.5. The zero-order valence-electron chi connectivity index (χ0n) is 18.5. The van der Waals surface area contributed by atoms with E-state index >= 15 is 0 Å². The molecule has 2 heterocycles. The number of piperazine rings is 1. The smallest absolute Gasteiger partial charge is 0.258 e. The fraction of sp³-hybridized carbons (Fsp3) is 0.500. The fourth-order valence-electron chi connectivity index (χ4n) is 4.61. The molecule has 166 valence electrons. The van der Waals surface area contributed by atoms with Crippen molar-refractivity contribution in [1.82, 2.24) is 14.7 Å². The van der Waals surface area contributed by atoms with Crippen LogP contribution in [0.15, 0.2) is 35.4 Å². The lowest BCUT2D eigenvalue weighted by molar-refractivity contribution is -0.135. The Balaban J connectivity index is 1.44. The lowest BCUT2D eigenvalue weighted by Crippen LogP contribution is -2.49. The Morgan fingerprint density at radius 2 is 1.71 bits per heavy atom. The van der Waals surface area contributed by atoms with E-state index in [4.69, 9.17) is 0 Å². The number of likely N-dealkylation sites (N-methyl/N-ethyl adjacent to an activating group) is 1. The van der Waals surface area contributed by atoms with Gasteiger partial charge >= 0.3 is 0 Å². The predicted octanol–water partition coefficient (Wildman–Crippen LogP) is 2.32. The Labute approximate surface area is 183 Å². The first kappa shape index (κ1) is 21.4. The fourth-order valence-corrected chi connectivity index (χ4v) is 4.61. The van der Waals surface area contributed by atoms with Crippen LogP contribution in [-0.2, 0) is 4.79 Å². The second-order valence-electron chi connectivity index (χ2n) is 9.17. The maximum absolute atomic E-state index is 13.1. The molecule has 1 aliphatic carbocycles. The number of carbonyl (C=O) groups excluding carboxylic acids is 2. The van der Waals surface area contributed by atoms with Crippen LogP contribution in [0.5, 0.6) is 11.5 Å². The molecule has 2 aliphatic heterocycles. The molecule has 1 atom stereocenters. The molecule has 7 nitrogen and oxygen atoms in total. The number of hydrogen-bond donors (Lipinski definition) is 2. The number of phenols is 2. The van der Waals surface area contributed by atoms with Gasteiger partial charge in [0.2, 0.25) is 5.91 Å². The average Bonchev–Trinajstić information content (AvgIpc) is 3.16. The quantitative estimate of drug-likeness (QED) is 0.777. The molecule has 0 spiro atoms. The number of carbonyl (C=O) groups is 2. The molecule has 2 amide bonds. The van der Waals surface area contributed by atoms with Gasteiger partial charge in [-0.1, -0.05) is 26.0 Å². The van der Waals surface area contributed by atoms with E-state index in [1.165, 1.54) is 6.07 Å². The Bertz CT molecular complexity index is 958. The average molecular weight is 426 g/mol. The Kier molecular flexibility index (Phi) is 5.79. The summed E-state index contributed by atoms with van der Waals surface area (Å²) in [5.41, 5.74) is 3.04. The molecule has 1 unspecified atom stereocenters. The van der Waals surface area contributed by atoms with Crippen LogP contribution in [0.3, 0.4) is 0 Å². The summed E-state index contributed by atoms with van der Waals surface area (Å²) in [4.78, 5) is 32.0. The van der Waals surface area contributed by atoms with E-state index in [2.05, 4.69) is 11.9 Å². The van der Waals surface area contributed by atoms with Gasteiger partial charge in [0.25, 0.3) is 5.91 Å². The zero-order chi connectivity index (χ0) is 22.3. The molecule has 0 saturated carbocycles. The van der Waals surface area contributed by atoms with Crippen LogP contribution in [-0.4, -0.2) is 83.0 Å². The standard InChI is InChI=1S/C24H31N3O4/c1-15(2)19-11-20(22(29)12-21(19)28)24(31)27-13-17-5-4-16(10-18(17)14-27)23(30)26-8-6-25(3)7-9-26/h4-5,11-12,15-16,28-29H,6-10,13-14H2,1-3H3. The number of phenolic OH excluding ortho intramolecular Hbond substituents is 2. The molecule has 0 radical (unpaired) electrons. The lowest BCUT2D eigenvalue weighted by atomic mass is 9.90. The van der Waals surface area contributed by atoms with Crippen molar-refractivity contribution in [2.24, 2.45) is 5.92 Å². The van der Waals surface area contributed by atoms with E-state index in [-0.39, 0.29) is 40.7 Å². The third-order valence-electron chi connectivity index (χ3n) is 6.61. The summed E-state index contributed by atoms with van der Waals surface area (Å²) < 4.78 is 0. The molecule has 1 aromatic carbocycles. The highest BCUT2D eigenvalue weighted by molar-refractivity contribution is 5.98. The molecule has 3 aliphatic rings. The Morgan fingerprint density at radius 3 is 2.39 bits per heavy atom. The minimum absolute atomic E-state index is 0.00362. The second-order valence-corrected chi connectivity index (χ2v) is 9.17. The first-order valence-electron chi connectivity index (χ1n) is 11.0. The normalized spacial score (nSPS) is 21.7. The van der Waals surface area contributed by atoms with Gasteiger partial charge in [-0.05, 0) is 42.2 Å². The molecular weight excluding hydrogens is 394 g/mol. The predicted molar refractivity (Wildman–Crippen MR) is 118 cm³/mol. The third-order valence-corrected chi connectivity index (χ3v) is 6.61. The van der Waals surface area contributed by atoms with Gasteiger partial charge in [0, 0.05) is 45.3 Å². The maximum Gasteiger partial charge on any atom is 0.258 e. The summed E-state index contributed by atoms with van der Waals surface area (Å²) in [5.74, 6) is -0.456. The molecule has 1 aromatic rings. The van der Waals surface area contributed by atoms with Crippen LogP contribution in [0.4, 0.5) is 0 Å². The summed E-state index contributed by atoms with van der Waals surface area (Å²) in [6, 6.07) is 2.83. The van der Waals surface area contributed by atoms with Crippen molar-refractivity contribution in [3.63, 3.8) is 0 Å². The van der Waals surface area contributed by atoms with Crippen LogP contribution in [0.2, 0.25) is 0 Å². The summed E-state index contributed by atoms with van der Waals surface area (Å²) >= 11 is 0. The van der Waals surface area contributed by atoms with E-state index in [0.717, 1.165) is 37.3 Å². The Hall–Kier alpha value is -2.80. The van der Waals surface area contributed by atoms with Gasteiger partial charge < -0.3 is 24.9 Å². The van der Waals surface area contributed by atoms with Crippen LogP contribution in [0.25, 0.3) is 0 Å². The van der Waals surface area contributed by atoms with Crippen LogP contribution < -0.4 is 0 Å². The molecule has 1 fully saturated rings. The number of amides is 2. The summed E-state index contributed by atoms with van der Waals surface area (Å²) in [6.07, 6.45) is 4.60. The molecule has 7 heteroatoms. The number of rotatable bonds is 3. The van der Waals surface area contributed by atoms with Crippen molar-refractivity contribution < 1.29 is 19.8 Å². The topological polar surface area (TPSA) is 84.3 Å². The molecular formula is C24H31N3O4. The van der Waals surface area contributed by atoms with Crippen molar-refractivity contribution >= 4 is 11.8 Å². The SMILES string of the molecule is CC(C)c1cc(C(=O)N2CC3=C(CC(C(=O)N4CCN(C)CC4)C=C3)C2)c(O)cc1O. The van der Waals surface area contributed by atoms with Gasteiger partial charge in [-0.2, -0.15) is 0 Å². The molecule has 4 rings (SSSR count). The van der Waals surface area contributed by atoms with Gasteiger partial charge in [0.15, 0.2) is 0 Å². The lowest BCUT2D eigenvalue weighted by Gasteiger charge is -2.34. The summed E-state index contributed by atoms with van der Waals surface area (Å²) in [6.45, 7) is 8.10. The monoisotopic (exact) mass is 425 g/mol. The summed E-state index contributed by atoms with van der Waals surface area (Å²) in [7, 11) is 2.07. The van der Waals surface area contributed by atoms with Crippen LogP contribution in [0, 0.1) is 5.92 Å². The van der Waals surface area contributed by atoms with Crippen molar-refractivity contribution in [2.45, 2.75) is 26.2 Å². The summed E-state index contributed by atoms with van der Waals surface area (Å²) in [5, 5.41) is 20.3. The van der Waals surface area contributed by atoms with E-state index in [0.29, 0.717) is 25.1 Å². The van der Waals surface area contributed by atoms with Crippen molar-refractivity contribution in [3.8, 4) is 11.5 Å². The number of nitrogens with zero attached hydrogens (tertiary/aromatic N) is 3. The van der Waals surface area contributed by atoms with Gasteiger partial charge in [0.05, 0.1) is 11.5 Å². The van der Waals surface area contributed by atoms with E-state index in [1.807, 2.05) is 30.9 Å². The van der Waals surface area contributed by atoms with Gasteiger partial charge in [-0.25, -0.2) is 0 Å². The van der Waals surface area contributed by atoms with E-state index in [1.54, 1.807) is 11.0 Å². The number of hydrogen-bond acceptors (Lipinski definition) is 5. The van der Waals surface area contributed by atoms with Gasteiger partial charge in [0.1, 0.15) is 11.5 Å². The molecule has 31 heavy (non-hydrogen) atoms. The maximum atomic E-state index is 13.1. The molecule has 2 N–H and O–H groups in total. The van der Waals surface area contributed by atoms with Crippen LogP contribution in [0.1, 0.15) is 42.1 Å².